The lowest BCUT2D eigenvalue weighted by Crippen LogP contribution is -2.41. The first-order valence-electron chi connectivity index (χ1n) is 5.97. The maximum absolute atomic E-state index is 13.7. The number of rotatable bonds is 2. The molecule has 0 unspecified atom stereocenters. The molecule has 23 heavy (non-hydrogen) atoms. The highest BCUT2D eigenvalue weighted by Crippen LogP contribution is 2.41. The van der Waals surface area contributed by atoms with Gasteiger partial charge in [0.15, 0.2) is 6.10 Å². The minimum absolute atomic E-state index is 0.114. The van der Waals surface area contributed by atoms with E-state index in [4.69, 9.17) is 20.1 Å². The summed E-state index contributed by atoms with van der Waals surface area (Å²) >= 11 is 0. The highest BCUT2D eigenvalue weighted by atomic mass is 32.2. The minimum atomic E-state index is -3.71. The third-order valence-corrected chi connectivity index (χ3v) is 2.66. The molecule has 13 heteroatoms. The van der Waals surface area contributed by atoms with E-state index in [1.807, 2.05) is 0 Å². The smallest absolute Gasteiger partial charge is 0.351 e. The van der Waals surface area contributed by atoms with Crippen LogP contribution in [0.5, 0.6) is 0 Å². The topological polar surface area (TPSA) is 165 Å². The molecule has 0 saturated carbocycles. The van der Waals surface area contributed by atoms with Crippen LogP contribution in [-0.2, 0) is 14.9 Å². The van der Waals surface area contributed by atoms with Gasteiger partial charge in [0.2, 0.25) is 6.23 Å². The van der Waals surface area contributed by atoms with Crippen molar-refractivity contribution in [1.29, 1.82) is 0 Å². The number of anilines is 1. The molecule has 1 aromatic heterocycles. The Bertz CT molecular complexity index is 701. The van der Waals surface area contributed by atoms with E-state index in [-0.39, 0.29) is 5.82 Å². The first-order chi connectivity index (χ1) is 10.4. The zero-order valence-corrected chi connectivity index (χ0v) is 12.5. The fourth-order valence-electron chi connectivity index (χ4n) is 1.72. The van der Waals surface area contributed by atoms with Crippen LogP contribution in [0, 0.1) is 0 Å². The van der Waals surface area contributed by atoms with Gasteiger partial charge in [0, 0.05) is 6.20 Å². The lowest BCUT2D eigenvalue weighted by molar-refractivity contribution is -0.140. The second-order valence-electron chi connectivity index (χ2n) is 4.60. The third-order valence-electron chi connectivity index (χ3n) is 2.66. The van der Waals surface area contributed by atoms with Gasteiger partial charge in [-0.2, -0.15) is 22.2 Å². The Balaban J connectivity index is 0.000000463. The SMILES string of the molecule is CS(=O)(=O)O.Nc1ccn([C@@H]2O[C@H](CO)[C@@H](O)C2(F)F)c(=O)n1. The first-order valence-corrected chi connectivity index (χ1v) is 7.82. The lowest BCUT2D eigenvalue weighted by Gasteiger charge is -2.20. The van der Waals surface area contributed by atoms with Gasteiger partial charge >= 0.3 is 11.6 Å². The Morgan fingerprint density at radius 1 is 1.52 bits per heavy atom. The molecule has 2 rings (SSSR count). The van der Waals surface area contributed by atoms with Crippen molar-refractivity contribution in [2.45, 2.75) is 24.4 Å². The third kappa shape index (κ3) is 4.90. The lowest BCUT2D eigenvalue weighted by atomic mass is 10.1. The molecule has 3 atom stereocenters. The summed E-state index contributed by atoms with van der Waals surface area (Å²) in [4.78, 5) is 14.7. The second-order valence-corrected chi connectivity index (χ2v) is 6.07. The van der Waals surface area contributed by atoms with Gasteiger partial charge in [-0.15, -0.1) is 0 Å². The molecule has 0 aromatic carbocycles. The number of aliphatic hydroxyl groups excluding tert-OH is 2. The van der Waals surface area contributed by atoms with E-state index < -0.39 is 46.8 Å². The highest BCUT2D eigenvalue weighted by molar-refractivity contribution is 7.85. The summed E-state index contributed by atoms with van der Waals surface area (Å²) in [5, 5.41) is 18.1. The van der Waals surface area contributed by atoms with Gasteiger partial charge in [-0.05, 0) is 6.07 Å². The van der Waals surface area contributed by atoms with Crippen LogP contribution in [0.15, 0.2) is 17.1 Å². The van der Waals surface area contributed by atoms with E-state index in [9.17, 15) is 27.1 Å². The Hall–Kier alpha value is -1.67. The predicted octanol–water partition coefficient (Wildman–Crippen LogP) is -1.78. The summed E-state index contributed by atoms with van der Waals surface area (Å²) < 4.78 is 58.6. The van der Waals surface area contributed by atoms with Gasteiger partial charge in [0.05, 0.1) is 12.9 Å². The van der Waals surface area contributed by atoms with Crippen molar-refractivity contribution in [2.24, 2.45) is 0 Å². The maximum Gasteiger partial charge on any atom is 0.351 e. The predicted molar refractivity (Wildman–Crippen MR) is 72.3 cm³/mol. The standard InChI is InChI=1S/C9H11F2N3O4.CH4O3S/c10-9(11)6(16)4(3-15)18-7(9)14-2-1-5(12)13-8(14)17;1-5(2,3)4/h1-2,4,6-7,15-16H,3H2,(H2,12,13,17);1H3,(H,2,3,4)/t4-,6-,7-;/m1./s1. The summed E-state index contributed by atoms with van der Waals surface area (Å²) in [6.45, 7) is -0.787. The molecule has 132 valence electrons. The van der Waals surface area contributed by atoms with Crippen LogP contribution in [0.2, 0.25) is 0 Å². The van der Waals surface area contributed by atoms with Gasteiger partial charge in [-0.1, -0.05) is 0 Å². The number of aliphatic hydroxyl groups is 2. The summed E-state index contributed by atoms with van der Waals surface area (Å²) in [7, 11) is -3.67. The van der Waals surface area contributed by atoms with Crippen molar-refractivity contribution in [2.75, 3.05) is 18.6 Å². The average Bonchev–Trinajstić information content (AvgIpc) is 2.60. The Morgan fingerprint density at radius 2 is 2.04 bits per heavy atom. The fraction of sp³-hybridized carbons (Fsp3) is 0.600. The minimum Gasteiger partial charge on any atom is -0.394 e. The fourth-order valence-corrected chi connectivity index (χ4v) is 1.72. The van der Waals surface area contributed by atoms with Gasteiger partial charge < -0.3 is 20.7 Å². The number of ether oxygens (including phenoxy) is 1. The molecule has 0 aliphatic carbocycles. The van der Waals surface area contributed by atoms with Gasteiger partial charge in [0.1, 0.15) is 11.9 Å². The summed E-state index contributed by atoms with van der Waals surface area (Å²) in [5.41, 5.74) is 4.21. The molecule has 1 saturated heterocycles. The Labute approximate surface area is 128 Å². The van der Waals surface area contributed by atoms with E-state index in [1.165, 1.54) is 0 Å². The van der Waals surface area contributed by atoms with E-state index in [1.54, 1.807) is 0 Å². The zero-order valence-electron chi connectivity index (χ0n) is 11.7. The molecule has 2 heterocycles. The zero-order chi connectivity index (χ0) is 18.0. The quantitative estimate of drug-likeness (QED) is 0.446. The first kappa shape index (κ1) is 19.4. The molecule has 10 nitrogen and oxygen atoms in total. The number of nitrogens with two attached hydrogens (primary N) is 1. The molecular weight excluding hydrogens is 344 g/mol. The average molecular weight is 359 g/mol. The van der Waals surface area contributed by atoms with Crippen molar-refractivity contribution >= 4 is 15.9 Å². The van der Waals surface area contributed by atoms with E-state index >= 15 is 0 Å². The van der Waals surface area contributed by atoms with Crippen LogP contribution in [-0.4, -0.2) is 63.7 Å². The largest absolute Gasteiger partial charge is 0.394 e. The van der Waals surface area contributed by atoms with E-state index in [0.717, 1.165) is 12.3 Å². The molecule has 1 aromatic rings. The van der Waals surface area contributed by atoms with E-state index in [0.29, 0.717) is 10.8 Å². The van der Waals surface area contributed by atoms with Gasteiger partial charge in [0.25, 0.3) is 10.1 Å². The second kappa shape index (κ2) is 6.84. The normalized spacial score (nSPS) is 26.4. The number of hydrogen-bond acceptors (Lipinski definition) is 8. The molecule has 5 N–H and O–H groups in total. The number of halogens is 2. The van der Waals surface area contributed by atoms with Crippen LogP contribution in [0.3, 0.4) is 0 Å². The molecule has 0 bridgehead atoms. The summed E-state index contributed by atoms with van der Waals surface area (Å²) in [6.07, 6.45) is -3.97. The number of aromatic nitrogens is 2. The molecule has 0 spiro atoms. The maximum atomic E-state index is 13.7. The number of nitrogens with zero attached hydrogens (tertiary/aromatic N) is 2. The van der Waals surface area contributed by atoms with Crippen LogP contribution in [0.1, 0.15) is 6.23 Å². The number of alkyl halides is 2. The van der Waals surface area contributed by atoms with Crippen LogP contribution in [0.25, 0.3) is 0 Å². The van der Waals surface area contributed by atoms with Gasteiger partial charge in [-0.25, -0.2) is 4.79 Å². The monoisotopic (exact) mass is 359 g/mol. The van der Waals surface area contributed by atoms with Crippen LogP contribution in [0.4, 0.5) is 14.6 Å². The molecule has 1 fully saturated rings. The molecule has 0 radical (unpaired) electrons. The molecule has 1 aliphatic rings. The van der Waals surface area contributed by atoms with Crippen molar-refractivity contribution in [3.63, 3.8) is 0 Å². The highest BCUT2D eigenvalue weighted by Gasteiger charge is 2.59. The van der Waals surface area contributed by atoms with Crippen molar-refractivity contribution < 1.29 is 36.7 Å². The number of nitrogen functional groups attached to an aromatic ring is 1. The van der Waals surface area contributed by atoms with Crippen molar-refractivity contribution in [3.05, 3.63) is 22.7 Å². The molecule has 1 aliphatic heterocycles. The number of hydrogen-bond donors (Lipinski definition) is 4. The summed E-state index contributed by atoms with van der Waals surface area (Å²) in [6, 6.07) is 1.15. The molecular formula is C10H15F2N3O7S. The summed E-state index contributed by atoms with van der Waals surface area (Å²) in [5.74, 6) is -3.83. The van der Waals surface area contributed by atoms with E-state index in [2.05, 4.69) is 4.98 Å². The Kier molecular flexibility index (Phi) is 5.76. The molecule has 0 amide bonds. The Morgan fingerprint density at radius 3 is 2.43 bits per heavy atom. The van der Waals surface area contributed by atoms with Crippen molar-refractivity contribution in [3.8, 4) is 0 Å². The van der Waals surface area contributed by atoms with Crippen LogP contribution < -0.4 is 11.4 Å². The van der Waals surface area contributed by atoms with Gasteiger partial charge in [-0.3, -0.25) is 9.12 Å². The van der Waals surface area contributed by atoms with Crippen LogP contribution >= 0.6 is 0 Å². The van der Waals surface area contributed by atoms with Crippen molar-refractivity contribution in [1.82, 2.24) is 9.55 Å².